The van der Waals surface area contributed by atoms with Crippen LogP contribution in [0.2, 0.25) is 0 Å². The topological polar surface area (TPSA) is 142 Å². The maximum atomic E-state index is 11.1. The molecule has 0 aliphatic heterocycles. The van der Waals surface area contributed by atoms with Crippen molar-refractivity contribution in [3.8, 4) is 0 Å². The maximum absolute atomic E-state index is 11.1. The Hall–Kier alpha value is -0.690. The summed E-state index contributed by atoms with van der Waals surface area (Å²) in [5.41, 5.74) is 0.672. The molecule has 0 spiro atoms. The van der Waals surface area contributed by atoms with Gasteiger partial charge in [-0.1, -0.05) is 5.16 Å². The van der Waals surface area contributed by atoms with Crippen LogP contribution in [0.1, 0.15) is 46.0 Å². The zero-order chi connectivity index (χ0) is 22.8. The van der Waals surface area contributed by atoms with Crippen molar-refractivity contribution in [2.45, 2.75) is 27.7 Å². The summed E-state index contributed by atoms with van der Waals surface area (Å²) in [4.78, 5) is 32.9. The molecule has 0 radical (unpaired) electrons. The molecule has 2 heterocycles. The minimum absolute atomic E-state index is 0.0850. The van der Waals surface area contributed by atoms with Crippen LogP contribution in [-0.4, -0.2) is 35.5 Å². The van der Waals surface area contributed by atoms with E-state index >= 15 is 0 Å². The number of H-pyrrole nitrogens is 1. The first kappa shape index (κ1) is 28.3. The summed E-state index contributed by atoms with van der Waals surface area (Å²) in [6, 6.07) is 0. The Kier molecular flexibility index (Phi) is 13.3. The van der Waals surface area contributed by atoms with Gasteiger partial charge in [0, 0.05) is 52.0 Å². The molecule has 0 aromatic carbocycles. The highest BCUT2D eigenvalue weighted by Gasteiger charge is 2.18. The normalized spacial score (nSPS) is 10.2. The number of halogens is 4. The van der Waals surface area contributed by atoms with Gasteiger partial charge in [0.1, 0.15) is 0 Å². The van der Waals surface area contributed by atoms with Crippen molar-refractivity contribution in [3.63, 3.8) is 0 Å². The molecule has 2 aromatic heterocycles. The van der Waals surface area contributed by atoms with Gasteiger partial charge in [-0.15, -0.1) is 0 Å². The van der Waals surface area contributed by atoms with E-state index in [1.807, 2.05) is 0 Å². The molecule has 2 aromatic rings. The quantitative estimate of drug-likeness (QED) is 0.318. The summed E-state index contributed by atoms with van der Waals surface area (Å²) in [7, 11) is 0. The lowest BCUT2D eigenvalue weighted by Crippen LogP contribution is -2.08. The third-order valence-corrected chi connectivity index (χ3v) is 3.48. The van der Waals surface area contributed by atoms with Crippen molar-refractivity contribution in [2.75, 3.05) is 13.2 Å². The van der Waals surface area contributed by atoms with E-state index in [0.29, 0.717) is 16.8 Å². The molecule has 2 rings (SSSR count). The fourth-order valence-electron chi connectivity index (χ4n) is 1.46. The molecule has 164 valence electrons. The number of hydrogen-bond acceptors (Lipinski definition) is 9. The smallest absolute Gasteiger partial charge is 0.361 e. The number of carbonyl (C=O) groups excluding carboxylic acids is 2. The van der Waals surface area contributed by atoms with Crippen molar-refractivity contribution in [1.82, 2.24) is 10.3 Å². The van der Waals surface area contributed by atoms with E-state index in [-0.39, 0.29) is 23.6 Å². The van der Waals surface area contributed by atoms with Crippen LogP contribution in [0.4, 0.5) is 0 Å². The van der Waals surface area contributed by atoms with Gasteiger partial charge in [-0.2, -0.15) is 0 Å². The Labute approximate surface area is 198 Å². The summed E-state index contributed by atoms with van der Waals surface area (Å²) in [5.74, 6) is -1.02. The van der Waals surface area contributed by atoms with Crippen LogP contribution in [0.25, 0.3) is 0 Å². The zero-order valence-electron chi connectivity index (χ0n) is 15.6. The van der Waals surface area contributed by atoms with Gasteiger partial charge in [-0.05, 0) is 43.6 Å². The van der Waals surface area contributed by atoms with Crippen LogP contribution in [0.3, 0.4) is 0 Å². The van der Waals surface area contributed by atoms with E-state index in [9.17, 15) is 18.9 Å². The number of carbonyl (C=O) groups is 2. The van der Waals surface area contributed by atoms with Gasteiger partial charge in [0.2, 0.25) is 4.67 Å². The van der Waals surface area contributed by atoms with Gasteiger partial charge in [-0.3, -0.25) is 4.57 Å². The lowest BCUT2D eigenvalue weighted by molar-refractivity contribution is 0.0504. The van der Waals surface area contributed by atoms with Crippen molar-refractivity contribution >= 4 is 77.6 Å². The van der Waals surface area contributed by atoms with E-state index in [1.165, 1.54) is 6.92 Å². The van der Waals surface area contributed by atoms with E-state index < -0.39 is 20.8 Å². The van der Waals surface area contributed by atoms with E-state index in [4.69, 9.17) is 9.26 Å². The fourth-order valence-corrected chi connectivity index (χ4v) is 1.72. The van der Waals surface area contributed by atoms with Crippen LogP contribution in [0.15, 0.2) is 18.5 Å². The summed E-state index contributed by atoms with van der Waals surface area (Å²) >= 11 is 11.4. The minimum Gasteiger partial charge on any atom is -0.461 e. The number of aromatic amines is 1. The molecule has 10 nitrogen and oxygen atoms in total. The first-order valence-corrected chi connectivity index (χ1v) is 16.2. The molecule has 29 heavy (non-hydrogen) atoms. The van der Waals surface area contributed by atoms with Crippen LogP contribution >= 0.6 is 65.6 Å². The Morgan fingerprint density at radius 3 is 1.90 bits per heavy atom. The Morgan fingerprint density at radius 2 is 1.55 bits per heavy atom. The van der Waals surface area contributed by atoms with Crippen molar-refractivity contribution in [3.05, 3.63) is 37.6 Å². The van der Waals surface area contributed by atoms with Crippen LogP contribution in [0, 0.1) is 13.8 Å². The molecule has 0 atom stereocenters. The third kappa shape index (κ3) is 11.3. The highest BCUT2D eigenvalue weighted by Crippen LogP contribution is 2.68. The van der Waals surface area contributed by atoms with Gasteiger partial charge < -0.3 is 18.5 Å². The minimum atomic E-state index is -2.20. The maximum Gasteiger partial charge on any atom is 0.361 e. The molecule has 0 saturated carbocycles. The van der Waals surface area contributed by atoms with Gasteiger partial charge in [0.05, 0.1) is 18.8 Å². The number of esters is 2. The van der Waals surface area contributed by atoms with Crippen molar-refractivity contribution < 1.29 is 32.7 Å². The molecule has 0 aliphatic rings. The lowest BCUT2D eigenvalue weighted by atomic mass is 10.3. The Balaban J connectivity index is 0.000000442. The molecule has 0 aliphatic carbocycles. The summed E-state index contributed by atoms with van der Waals surface area (Å²) in [6.45, 7) is 7.25. The molecule has 1 N–H and O–H groups in total. The number of ether oxygens (including phenoxy) is 2. The average molecular weight is 692 g/mol. The van der Waals surface area contributed by atoms with Crippen molar-refractivity contribution in [1.29, 1.82) is 0 Å². The molecule has 0 amide bonds. The third-order valence-electron chi connectivity index (χ3n) is 2.74. The SMILES string of the molecule is CCOC(=O)c1[nH]oc(=O)c1C.CCOC(=O)c1noc(Br)c1C.O=P(Br)(Br)Br. The van der Waals surface area contributed by atoms with E-state index in [0.717, 1.165) is 0 Å². The monoisotopic (exact) mass is 688 g/mol. The predicted octanol–water partition coefficient (Wildman–Crippen LogP) is 5.65. The summed E-state index contributed by atoms with van der Waals surface area (Å²) in [5, 5.41) is 5.73. The second-order valence-electron chi connectivity index (χ2n) is 4.76. The number of hydrogen-bond donors (Lipinski definition) is 1. The summed E-state index contributed by atoms with van der Waals surface area (Å²) in [6.07, 6.45) is 0. The second kappa shape index (κ2) is 13.6. The highest BCUT2D eigenvalue weighted by molar-refractivity contribution is 9.94. The number of rotatable bonds is 4. The molecule has 15 heteroatoms. The number of aromatic nitrogens is 2. The predicted molar refractivity (Wildman–Crippen MR) is 119 cm³/mol. The summed E-state index contributed by atoms with van der Waals surface area (Å²) < 4.78 is 26.7. The van der Waals surface area contributed by atoms with E-state index in [2.05, 4.69) is 82.0 Å². The molecular formula is C14H17Br4N2O8P. The zero-order valence-corrected chi connectivity index (χ0v) is 22.8. The van der Waals surface area contributed by atoms with Gasteiger partial charge in [0.25, 0.3) is 3.25 Å². The van der Waals surface area contributed by atoms with Crippen LogP contribution < -0.4 is 5.63 Å². The second-order valence-corrected chi connectivity index (χ2v) is 23.8. The highest BCUT2D eigenvalue weighted by atomic mass is 80.0. The molecule has 0 bridgehead atoms. The fraction of sp³-hybridized carbons (Fsp3) is 0.429. The lowest BCUT2D eigenvalue weighted by Gasteiger charge is -1.96. The van der Waals surface area contributed by atoms with Gasteiger partial charge >= 0.3 is 17.6 Å². The Morgan fingerprint density at radius 1 is 1.07 bits per heavy atom. The van der Waals surface area contributed by atoms with Crippen molar-refractivity contribution in [2.24, 2.45) is 0 Å². The largest absolute Gasteiger partial charge is 0.461 e. The first-order chi connectivity index (χ1) is 13.3. The number of nitrogens with one attached hydrogen (secondary N) is 1. The van der Waals surface area contributed by atoms with Gasteiger partial charge in [-0.25, -0.2) is 19.5 Å². The standard InChI is InChI=1S/C7H8BrNO3.C7H9NO4.Br3OP/c1-3-11-7(10)5-4(2)6(8)12-9-5;1-3-11-7(10)5-4(2)6(9)12-8-5;1-5(2,3)4/h3H2,1-2H3;8H,3H2,1-2H3;. The van der Waals surface area contributed by atoms with Gasteiger partial charge in [0.15, 0.2) is 11.4 Å². The Bertz CT molecular complexity index is 909. The molecule has 0 saturated heterocycles. The molecular weight excluding hydrogens is 675 g/mol. The number of nitrogens with zero attached hydrogens (tertiary/aromatic N) is 1. The van der Waals surface area contributed by atoms with Crippen LogP contribution in [-0.2, 0) is 14.0 Å². The first-order valence-electron chi connectivity index (χ1n) is 7.66. The van der Waals surface area contributed by atoms with E-state index in [1.54, 1.807) is 20.8 Å². The average Bonchev–Trinajstić information content (AvgIpc) is 3.10. The molecule has 0 unspecified atom stereocenters. The van der Waals surface area contributed by atoms with Crippen LogP contribution in [0.5, 0.6) is 0 Å². The molecule has 0 fully saturated rings.